The van der Waals surface area contributed by atoms with Gasteiger partial charge in [-0.15, -0.1) is 6.58 Å². The number of anilines is 1. The van der Waals surface area contributed by atoms with Crippen molar-refractivity contribution in [3.63, 3.8) is 0 Å². The lowest BCUT2D eigenvalue weighted by Gasteiger charge is -2.39. The molecule has 0 radical (unpaired) electrons. The highest BCUT2D eigenvalue weighted by Gasteiger charge is 2.33. The first-order chi connectivity index (χ1) is 17.2. The van der Waals surface area contributed by atoms with Crippen molar-refractivity contribution >= 4 is 5.69 Å². The third-order valence-electron chi connectivity index (χ3n) is 7.76. The number of hydrogen-bond donors (Lipinski definition) is 0. The van der Waals surface area contributed by atoms with Gasteiger partial charge in [-0.05, 0) is 49.4 Å². The van der Waals surface area contributed by atoms with Crippen molar-refractivity contribution in [1.82, 2.24) is 4.90 Å². The summed E-state index contributed by atoms with van der Waals surface area (Å²) in [4.78, 5) is 4.87. The monoisotopic (exact) mass is 480 g/mol. The van der Waals surface area contributed by atoms with Crippen LogP contribution in [0.3, 0.4) is 0 Å². The molecule has 1 saturated carbocycles. The van der Waals surface area contributed by atoms with Crippen molar-refractivity contribution in [1.29, 1.82) is 0 Å². The van der Waals surface area contributed by atoms with Crippen molar-refractivity contribution in [3.05, 3.63) is 72.6 Å². The molecule has 0 amide bonds. The molecule has 2 atom stereocenters. The fourth-order valence-electron chi connectivity index (χ4n) is 5.89. The Labute approximate surface area is 210 Å². The molecular formula is C30H41FN2O2. The van der Waals surface area contributed by atoms with Gasteiger partial charge in [-0.25, -0.2) is 4.39 Å². The number of rotatable bonds is 11. The predicted octanol–water partition coefficient (Wildman–Crippen LogP) is 6.28. The summed E-state index contributed by atoms with van der Waals surface area (Å²) in [5.74, 6) is 1.35. The minimum Gasteiger partial charge on any atom is -0.494 e. The molecule has 2 aromatic carbocycles. The Hall–Kier alpha value is -2.37. The lowest BCUT2D eigenvalue weighted by molar-refractivity contribution is -0.00705. The van der Waals surface area contributed by atoms with E-state index in [0.717, 1.165) is 44.8 Å². The van der Waals surface area contributed by atoms with Crippen LogP contribution in [0, 0.1) is 11.7 Å². The van der Waals surface area contributed by atoms with Gasteiger partial charge in [-0.2, -0.15) is 0 Å². The van der Waals surface area contributed by atoms with E-state index < -0.39 is 0 Å². The molecule has 2 fully saturated rings. The standard InChI is InChI=1S/C30H41FN2O2/c1-3-22-35-30(25-12-8-5-9-13-25)27(24-10-6-4-7-11-24)16-17-32-18-20-33(21-19-32)28-15-14-26(31)23-29(28)34-2/h3-4,6-7,10-11,14-15,23,25,27,30H,1,5,8-9,12-13,16-22H2,2H3. The van der Waals surface area contributed by atoms with Gasteiger partial charge in [0, 0.05) is 38.2 Å². The molecule has 35 heavy (non-hydrogen) atoms. The van der Waals surface area contributed by atoms with E-state index in [9.17, 15) is 4.39 Å². The molecule has 4 rings (SSSR count). The van der Waals surface area contributed by atoms with Crippen LogP contribution in [0.15, 0.2) is 61.2 Å². The van der Waals surface area contributed by atoms with E-state index in [4.69, 9.17) is 9.47 Å². The summed E-state index contributed by atoms with van der Waals surface area (Å²) in [6, 6.07) is 15.8. The third kappa shape index (κ3) is 6.86. The highest BCUT2D eigenvalue weighted by atomic mass is 19.1. The van der Waals surface area contributed by atoms with Gasteiger partial charge in [0.1, 0.15) is 11.6 Å². The summed E-state index contributed by atoms with van der Waals surface area (Å²) in [7, 11) is 1.61. The van der Waals surface area contributed by atoms with Gasteiger partial charge >= 0.3 is 0 Å². The van der Waals surface area contributed by atoms with Crippen LogP contribution < -0.4 is 9.64 Å². The highest BCUT2D eigenvalue weighted by Crippen LogP contribution is 2.38. The molecule has 4 nitrogen and oxygen atoms in total. The van der Waals surface area contributed by atoms with Crippen LogP contribution in [0.2, 0.25) is 0 Å². The molecule has 190 valence electrons. The molecule has 5 heteroatoms. The van der Waals surface area contributed by atoms with Crippen LogP contribution in [-0.2, 0) is 4.74 Å². The average Bonchev–Trinajstić information content (AvgIpc) is 2.92. The zero-order valence-corrected chi connectivity index (χ0v) is 21.2. The normalized spacial score (nSPS) is 19.3. The van der Waals surface area contributed by atoms with E-state index in [1.54, 1.807) is 7.11 Å². The molecule has 0 spiro atoms. The Morgan fingerprint density at radius 1 is 1.03 bits per heavy atom. The van der Waals surface area contributed by atoms with E-state index in [-0.39, 0.29) is 11.9 Å². The Kier molecular flexibility index (Phi) is 9.61. The quantitative estimate of drug-likeness (QED) is 0.353. The van der Waals surface area contributed by atoms with Crippen LogP contribution in [0.4, 0.5) is 10.1 Å². The molecule has 2 aliphatic rings. The first-order valence-corrected chi connectivity index (χ1v) is 13.3. The van der Waals surface area contributed by atoms with Crippen molar-refractivity contribution in [2.75, 3.05) is 51.3 Å². The smallest absolute Gasteiger partial charge is 0.145 e. The van der Waals surface area contributed by atoms with Crippen LogP contribution in [-0.4, -0.2) is 57.4 Å². The first-order valence-electron chi connectivity index (χ1n) is 13.3. The predicted molar refractivity (Wildman–Crippen MR) is 142 cm³/mol. The summed E-state index contributed by atoms with van der Waals surface area (Å²) in [5.41, 5.74) is 2.37. The number of methoxy groups -OCH3 is 1. The Morgan fingerprint density at radius 3 is 2.46 bits per heavy atom. The molecule has 0 N–H and O–H groups in total. The second kappa shape index (κ2) is 13.1. The van der Waals surface area contributed by atoms with Gasteiger partial charge in [0.25, 0.3) is 0 Å². The van der Waals surface area contributed by atoms with Gasteiger partial charge in [-0.3, -0.25) is 4.90 Å². The van der Waals surface area contributed by atoms with Gasteiger partial charge in [0.05, 0.1) is 25.5 Å². The van der Waals surface area contributed by atoms with Gasteiger partial charge in [0.2, 0.25) is 0 Å². The van der Waals surface area contributed by atoms with Crippen molar-refractivity contribution < 1.29 is 13.9 Å². The summed E-state index contributed by atoms with van der Waals surface area (Å²) < 4.78 is 25.6. The van der Waals surface area contributed by atoms with Crippen molar-refractivity contribution in [2.45, 2.75) is 50.5 Å². The van der Waals surface area contributed by atoms with Crippen LogP contribution in [0.1, 0.15) is 50.0 Å². The van der Waals surface area contributed by atoms with Crippen molar-refractivity contribution in [3.8, 4) is 5.75 Å². The average molecular weight is 481 g/mol. The molecule has 1 aliphatic carbocycles. The second-order valence-corrected chi connectivity index (χ2v) is 9.94. The Bertz CT molecular complexity index is 908. The summed E-state index contributed by atoms with van der Waals surface area (Å²) in [6.07, 6.45) is 9.73. The maximum atomic E-state index is 13.6. The number of piperazine rings is 1. The lowest BCUT2D eigenvalue weighted by Crippen LogP contribution is -2.47. The van der Waals surface area contributed by atoms with E-state index in [2.05, 4.69) is 46.7 Å². The van der Waals surface area contributed by atoms with E-state index in [0.29, 0.717) is 24.2 Å². The fraction of sp³-hybridized carbons (Fsp3) is 0.533. The summed E-state index contributed by atoms with van der Waals surface area (Å²) in [5, 5.41) is 0. The number of benzene rings is 2. The third-order valence-corrected chi connectivity index (χ3v) is 7.76. The van der Waals surface area contributed by atoms with E-state index in [1.807, 2.05) is 12.1 Å². The Balaban J connectivity index is 1.41. The largest absolute Gasteiger partial charge is 0.494 e. The van der Waals surface area contributed by atoms with Crippen LogP contribution >= 0.6 is 0 Å². The number of ether oxygens (including phenoxy) is 2. The highest BCUT2D eigenvalue weighted by molar-refractivity contribution is 5.59. The molecule has 1 aliphatic heterocycles. The van der Waals surface area contributed by atoms with Gasteiger partial charge in [-0.1, -0.05) is 55.7 Å². The zero-order chi connectivity index (χ0) is 24.5. The van der Waals surface area contributed by atoms with Crippen LogP contribution in [0.25, 0.3) is 0 Å². The molecule has 2 unspecified atom stereocenters. The maximum Gasteiger partial charge on any atom is 0.145 e. The minimum atomic E-state index is -0.262. The fourth-order valence-corrected chi connectivity index (χ4v) is 5.89. The van der Waals surface area contributed by atoms with Crippen molar-refractivity contribution in [2.24, 2.45) is 5.92 Å². The molecule has 1 heterocycles. The molecule has 1 saturated heterocycles. The number of halogens is 1. The van der Waals surface area contributed by atoms with Gasteiger partial charge in [0.15, 0.2) is 0 Å². The SMILES string of the molecule is C=CCOC(C1CCCCC1)C(CCN1CCN(c2ccc(F)cc2OC)CC1)c1ccccc1. The molecular weight excluding hydrogens is 439 g/mol. The first kappa shape index (κ1) is 25.7. The summed E-state index contributed by atoms with van der Waals surface area (Å²) in [6.45, 7) is 9.38. The number of nitrogens with zero attached hydrogens (tertiary/aromatic N) is 2. The minimum absolute atomic E-state index is 0.237. The van der Waals surface area contributed by atoms with Crippen LogP contribution in [0.5, 0.6) is 5.75 Å². The van der Waals surface area contributed by atoms with E-state index in [1.165, 1.54) is 49.8 Å². The molecule has 0 aromatic heterocycles. The zero-order valence-electron chi connectivity index (χ0n) is 21.2. The number of hydrogen-bond acceptors (Lipinski definition) is 4. The summed E-state index contributed by atoms with van der Waals surface area (Å²) >= 11 is 0. The Morgan fingerprint density at radius 2 is 1.77 bits per heavy atom. The maximum absolute atomic E-state index is 13.6. The molecule has 2 aromatic rings. The molecule has 0 bridgehead atoms. The second-order valence-electron chi connectivity index (χ2n) is 9.94. The topological polar surface area (TPSA) is 24.9 Å². The van der Waals surface area contributed by atoms with Gasteiger partial charge < -0.3 is 14.4 Å². The van der Waals surface area contributed by atoms with E-state index >= 15 is 0 Å². The lowest BCUT2D eigenvalue weighted by atomic mass is 9.76.